The van der Waals surface area contributed by atoms with E-state index < -0.39 is 0 Å². The molecule has 0 aliphatic carbocycles. The van der Waals surface area contributed by atoms with Gasteiger partial charge >= 0.3 is 0 Å². The average molecular weight is 304 g/mol. The lowest BCUT2D eigenvalue weighted by molar-refractivity contribution is -0.105. The number of anilines is 1. The molecule has 4 heteroatoms. The molecule has 1 N–H and O–H groups in total. The summed E-state index contributed by atoms with van der Waals surface area (Å²) in [6.07, 6.45) is 4.34. The molecule has 22 heavy (non-hydrogen) atoms. The van der Waals surface area contributed by atoms with Crippen molar-refractivity contribution in [3.05, 3.63) is 23.8 Å². The molecule has 1 aromatic carbocycles. The van der Waals surface area contributed by atoms with Crippen molar-refractivity contribution in [3.63, 3.8) is 0 Å². The number of amides is 1. The number of hydrogen-bond donors (Lipinski definition) is 1. The van der Waals surface area contributed by atoms with Gasteiger partial charge in [0.1, 0.15) is 5.75 Å². The van der Waals surface area contributed by atoms with Gasteiger partial charge in [0.25, 0.3) is 0 Å². The third-order valence-corrected chi connectivity index (χ3v) is 4.54. The summed E-state index contributed by atoms with van der Waals surface area (Å²) in [5, 5.41) is 2.72. The van der Waals surface area contributed by atoms with Crippen LogP contribution in [-0.2, 0) is 4.79 Å². The number of nitrogens with zero attached hydrogens (tertiary/aromatic N) is 1. The normalized spacial score (nSPS) is 22.6. The van der Waals surface area contributed by atoms with Crippen molar-refractivity contribution < 1.29 is 9.53 Å². The molecular formula is C18H28N2O2. The van der Waals surface area contributed by atoms with E-state index in [1.54, 1.807) is 0 Å². The number of nitrogens with one attached hydrogen (secondary N) is 1. The average Bonchev–Trinajstić information content (AvgIpc) is 2.49. The van der Waals surface area contributed by atoms with Crippen LogP contribution >= 0.6 is 0 Å². The highest BCUT2D eigenvalue weighted by Gasteiger charge is 2.26. The van der Waals surface area contributed by atoms with Crippen LogP contribution in [0.3, 0.4) is 0 Å². The second-order valence-electron chi connectivity index (χ2n) is 6.45. The minimum atomic E-state index is 0.0864. The highest BCUT2D eigenvalue weighted by Crippen LogP contribution is 2.36. The third kappa shape index (κ3) is 4.01. The SMILES string of the molecule is CC[C@H]1C[C@H](c2ccc(NC=O)c(OC(C)C)c2)CCN1C. The van der Waals surface area contributed by atoms with Gasteiger partial charge in [-0.2, -0.15) is 0 Å². The topological polar surface area (TPSA) is 41.6 Å². The number of benzene rings is 1. The van der Waals surface area contributed by atoms with Gasteiger partial charge in [-0.25, -0.2) is 0 Å². The van der Waals surface area contributed by atoms with Gasteiger partial charge < -0.3 is 15.0 Å². The fraction of sp³-hybridized carbons (Fsp3) is 0.611. The first kappa shape index (κ1) is 16.8. The number of hydrogen-bond acceptors (Lipinski definition) is 3. The number of piperidine rings is 1. The molecule has 0 bridgehead atoms. The second kappa shape index (κ2) is 7.63. The molecule has 0 aromatic heterocycles. The quantitative estimate of drug-likeness (QED) is 0.816. The lowest BCUT2D eigenvalue weighted by Crippen LogP contribution is -2.38. The van der Waals surface area contributed by atoms with Crippen LogP contribution in [0.2, 0.25) is 0 Å². The first-order valence-corrected chi connectivity index (χ1v) is 8.26. The maximum absolute atomic E-state index is 10.7. The van der Waals surface area contributed by atoms with Gasteiger partial charge in [-0.05, 0) is 70.3 Å². The highest BCUT2D eigenvalue weighted by molar-refractivity contribution is 5.75. The van der Waals surface area contributed by atoms with E-state index in [1.807, 2.05) is 19.9 Å². The molecule has 0 saturated carbocycles. The van der Waals surface area contributed by atoms with Gasteiger partial charge in [0.2, 0.25) is 6.41 Å². The Labute approximate surface area is 133 Å². The van der Waals surface area contributed by atoms with Gasteiger partial charge in [-0.3, -0.25) is 4.79 Å². The van der Waals surface area contributed by atoms with Crippen LogP contribution in [0.15, 0.2) is 18.2 Å². The molecular weight excluding hydrogens is 276 g/mol. The Hall–Kier alpha value is -1.55. The maximum Gasteiger partial charge on any atom is 0.211 e. The summed E-state index contributed by atoms with van der Waals surface area (Å²) in [6, 6.07) is 6.85. The number of carbonyl (C=O) groups excluding carboxylic acids is 1. The lowest BCUT2D eigenvalue weighted by Gasteiger charge is -2.37. The maximum atomic E-state index is 10.7. The minimum Gasteiger partial charge on any atom is -0.489 e. The Kier molecular flexibility index (Phi) is 5.83. The van der Waals surface area contributed by atoms with E-state index in [2.05, 4.69) is 36.3 Å². The van der Waals surface area contributed by atoms with Crippen molar-refractivity contribution in [2.24, 2.45) is 0 Å². The number of carbonyl (C=O) groups is 1. The first-order chi connectivity index (χ1) is 10.5. The van der Waals surface area contributed by atoms with Crippen molar-refractivity contribution in [2.45, 2.75) is 58.1 Å². The number of likely N-dealkylation sites (tertiary alicyclic amines) is 1. The van der Waals surface area contributed by atoms with E-state index >= 15 is 0 Å². The lowest BCUT2D eigenvalue weighted by atomic mass is 9.84. The highest BCUT2D eigenvalue weighted by atomic mass is 16.5. The monoisotopic (exact) mass is 304 g/mol. The predicted octanol–water partition coefficient (Wildman–Crippen LogP) is 3.63. The summed E-state index contributed by atoms with van der Waals surface area (Å²) in [6.45, 7) is 7.39. The van der Waals surface area contributed by atoms with Crippen LogP contribution < -0.4 is 10.1 Å². The summed E-state index contributed by atoms with van der Waals surface area (Å²) in [7, 11) is 2.22. The molecule has 2 atom stereocenters. The summed E-state index contributed by atoms with van der Waals surface area (Å²) in [5.41, 5.74) is 2.06. The van der Waals surface area contributed by atoms with Gasteiger partial charge in [0, 0.05) is 6.04 Å². The van der Waals surface area contributed by atoms with Crippen LogP contribution in [0.1, 0.15) is 51.5 Å². The van der Waals surface area contributed by atoms with Crippen molar-refractivity contribution in [1.29, 1.82) is 0 Å². The molecule has 2 rings (SSSR count). The smallest absolute Gasteiger partial charge is 0.211 e. The fourth-order valence-electron chi connectivity index (χ4n) is 3.28. The number of ether oxygens (including phenoxy) is 1. The molecule has 1 saturated heterocycles. The molecule has 1 fully saturated rings. The predicted molar refractivity (Wildman–Crippen MR) is 90.6 cm³/mol. The van der Waals surface area contributed by atoms with Crippen LogP contribution in [0.4, 0.5) is 5.69 Å². The van der Waals surface area contributed by atoms with Crippen LogP contribution in [0, 0.1) is 0 Å². The van der Waals surface area contributed by atoms with Gasteiger partial charge in [0.15, 0.2) is 0 Å². The van der Waals surface area contributed by atoms with Crippen LogP contribution in [0.25, 0.3) is 0 Å². The summed E-state index contributed by atoms with van der Waals surface area (Å²) in [4.78, 5) is 13.2. The molecule has 0 unspecified atom stereocenters. The molecule has 0 spiro atoms. The minimum absolute atomic E-state index is 0.0864. The molecule has 1 amide bonds. The van der Waals surface area contributed by atoms with Crippen molar-refractivity contribution in [1.82, 2.24) is 4.90 Å². The Bertz CT molecular complexity index is 502. The largest absolute Gasteiger partial charge is 0.489 e. The zero-order chi connectivity index (χ0) is 16.1. The molecule has 1 aromatic rings. The van der Waals surface area contributed by atoms with E-state index in [-0.39, 0.29) is 6.10 Å². The Morgan fingerprint density at radius 1 is 1.45 bits per heavy atom. The van der Waals surface area contributed by atoms with E-state index in [4.69, 9.17) is 4.74 Å². The molecule has 1 heterocycles. The van der Waals surface area contributed by atoms with E-state index in [0.717, 1.165) is 18.0 Å². The Morgan fingerprint density at radius 2 is 2.23 bits per heavy atom. The van der Waals surface area contributed by atoms with Crippen molar-refractivity contribution in [2.75, 3.05) is 18.9 Å². The standard InChI is InChI=1S/C18H28N2O2/c1-5-16-10-15(8-9-20(16)4)14-6-7-17(19-12-21)18(11-14)22-13(2)3/h6-7,11-13,15-16H,5,8-10H2,1-4H3,(H,19,21)/t15-,16+/m1/s1. The van der Waals surface area contributed by atoms with Crippen LogP contribution in [0.5, 0.6) is 5.75 Å². The molecule has 4 nitrogen and oxygen atoms in total. The molecule has 1 aliphatic rings. The van der Waals surface area contributed by atoms with Crippen LogP contribution in [-0.4, -0.2) is 37.0 Å². The summed E-state index contributed by atoms with van der Waals surface area (Å²) in [5.74, 6) is 1.34. The Morgan fingerprint density at radius 3 is 2.86 bits per heavy atom. The van der Waals surface area contributed by atoms with E-state index in [9.17, 15) is 4.79 Å². The summed E-state index contributed by atoms with van der Waals surface area (Å²) >= 11 is 0. The van der Waals surface area contributed by atoms with E-state index in [1.165, 1.54) is 24.8 Å². The zero-order valence-electron chi connectivity index (χ0n) is 14.1. The van der Waals surface area contributed by atoms with Gasteiger partial charge in [-0.15, -0.1) is 0 Å². The fourth-order valence-corrected chi connectivity index (χ4v) is 3.28. The van der Waals surface area contributed by atoms with Crippen molar-refractivity contribution in [3.8, 4) is 5.75 Å². The molecule has 0 radical (unpaired) electrons. The first-order valence-electron chi connectivity index (χ1n) is 8.26. The van der Waals surface area contributed by atoms with Gasteiger partial charge in [-0.1, -0.05) is 13.0 Å². The zero-order valence-corrected chi connectivity index (χ0v) is 14.1. The molecule has 1 aliphatic heterocycles. The number of rotatable bonds is 6. The van der Waals surface area contributed by atoms with Gasteiger partial charge in [0.05, 0.1) is 11.8 Å². The third-order valence-electron chi connectivity index (χ3n) is 4.54. The van der Waals surface area contributed by atoms with E-state index in [0.29, 0.717) is 18.4 Å². The molecule has 122 valence electrons. The van der Waals surface area contributed by atoms with Crippen molar-refractivity contribution >= 4 is 12.1 Å². The Balaban J connectivity index is 2.22. The second-order valence-corrected chi connectivity index (χ2v) is 6.45. The summed E-state index contributed by atoms with van der Waals surface area (Å²) < 4.78 is 5.87.